The molecule has 20 heavy (non-hydrogen) atoms. The van der Waals surface area contributed by atoms with Gasteiger partial charge in [-0.25, -0.2) is 0 Å². The molecule has 0 spiro atoms. The average molecular weight is 269 g/mol. The van der Waals surface area contributed by atoms with Crippen molar-refractivity contribution in [1.29, 1.82) is 0 Å². The third-order valence-corrected chi connectivity index (χ3v) is 4.19. The van der Waals surface area contributed by atoms with Crippen molar-refractivity contribution in [2.75, 3.05) is 0 Å². The molecular formula is C18H23NO. The molecule has 1 aromatic heterocycles. The highest BCUT2D eigenvalue weighted by molar-refractivity contribution is 5.28. The molecule has 1 unspecified atom stereocenters. The number of benzene rings is 1. The quantitative estimate of drug-likeness (QED) is 0.856. The maximum absolute atomic E-state index is 5.60. The van der Waals surface area contributed by atoms with Crippen LogP contribution in [0.3, 0.4) is 0 Å². The Hall–Kier alpha value is -1.54. The Morgan fingerprint density at radius 3 is 2.45 bits per heavy atom. The van der Waals surface area contributed by atoms with Crippen molar-refractivity contribution in [2.24, 2.45) is 0 Å². The van der Waals surface area contributed by atoms with Gasteiger partial charge in [-0.1, -0.05) is 24.3 Å². The van der Waals surface area contributed by atoms with Gasteiger partial charge in [0.15, 0.2) is 0 Å². The molecule has 0 saturated heterocycles. The molecule has 1 aliphatic rings. The van der Waals surface area contributed by atoms with E-state index in [0.717, 1.165) is 24.0 Å². The zero-order chi connectivity index (χ0) is 14.1. The first-order chi connectivity index (χ1) is 9.63. The summed E-state index contributed by atoms with van der Waals surface area (Å²) in [5.74, 6) is 2.85. The van der Waals surface area contributed by atoms with Gasteiger partial charge in [0.05, 0.1) is 0 Å². The van der Waals surface area contributed by atoms with E-state index in [0.29, 0.717) is 6.04 Å². The SMILES string of the molecule is Cc1cc(C(C)NCc2ccc(C3CC3)cc2)c(C)o1. The number of hydrogen-bond acceptors (Lipinski definition) is 2. The van der Waals surface area contributed by atoms with Crippen LogP contribution in [-0.2, 0) is 6.54 Å². The highest BCUT2D eigenvalue weighted by Crippen LogP contribution is 2.39. The first-order valence-electron chi connectivity index (χ1n) is 7.52. The predicted octanol–water partition coefficient (Wildman–Crippen LogP) is 4.62. The van der Waals surface area contributed by atoms with Gasteiger partial charge in [-0.2, -0.15) is 0 Å². The fourth-order valence-electron chi connectivity index (χ4n) is 2.79. The summed E-state index contributed by atoms with van der Waals surface area (Å²) in [6, 6.07) is 11.5. The molecule has 0 amide bonds. The van der Waals surface area contributed by atoms with Crippen LogP contribution in [0.4, 0.5) is 0 Å². The summed E-state index contributed by atoms with van der Waals surface area (Å²) in [4.78, 5) is 0. The molecule has 2 aromatic rings. The van der Waals surface area contributed by atoms with E-state index in [2.05, 4.69) is 42.6 Å². The summed E-state index contributed by atoms with van der Waals surface area (Å²) in [6.45, 7) is 7.12. The van der Waals surface area contributed by atoms with E-state index in [1.165, 1.54) is 29.5 Å². The Bertz CT molecular complexity index is 578. The second-order valence-electron chi connectivity index (χ2n) is 5.99. The van der Waals surface area contributed by atoms with Crippen molar-refractivity contribution in [3.05, 3.63) is 58.5 Å². The molecule has 0 aliphatic heterocycles. The van der Waals surface area contributed by atoms with Gasteiger partial charge in [0.25, 0.3) is 0 Å². The van der Waals surface area contributed by atoms with Gasteiger partial charge in [0.1, 0.15) is 11.5 Å². The van der Waals surface area contributed by atoms with Crippen molar-refractivity contribution < 1.29 is 4.42 Å². The lowest BCUT2D eigenvalue weighted by atomic mass is 10.1. The van der Waals surface area contributed by atoms with Crippen LogP contribution in [0.25, 0.3) is 0 Å². The summed E-state index contributed by atoms with van der Waals surface area (Å²) >= 11 is 0. The molecule has 1 saturated carbocycles. The van der Waals surface area contributed by atoms with Gasteiger partial charge in [-0.05, 0) is 56.7 Å². The first-order valence-corrected chi connectivity index (χ1v) is 7.52. The Labute approximate surface area is 121 Å². The van der Waals surface area contributed by atoms with Crippen LogP contribution < -0.4 is 5.32 Å². The molecule has 0 bridgehead atoms. The molecule has 2 heteroatoms. The van der Waals surface area contributed by atoms with Crippen LogP contribution in [0.2, 0.25) is 0 Å². The van der Waals surface area contributed by atoms with Gasteiger partial charge < -0.3 is 9.73 Å². The summed E-state index contributed by atoms with van der Waals surface area (Å²) in [6.07, 6.45) is 2.74. The second kappa shape index (κ2) is 5.45. The second-order valence-corrected chi connectivity index (χ2v) is 5.99. The van der Waals surface area contributed by atoms with Crippen LogP contribution in [-0.4, -0.2) is 0 Å². The molecule has 0 radical (unpaired) electrons. The number of furan rings is 1. The van der Waals surface area contributed by atoms with Crippen LogP contribution in [0, 0.1) is 13.8 Å². The minimum atomic E-state index is 0.315. The normalized spacial score (nSPS) is 16.4. The highest BCUT2D eigenvalue weighted by atomic mass is 16.3. The molecule has 1 N–H and O–H groups in total. The smallest absolute Gasteiger partial charge is 0.105 e. The zero-order valence-electron chi connectivity index (χ0n) is 12.6. The number of aryl methyl sites for hydroxylation is 2. The number of rotatable bonds is 5. The van der Waals surface area contributed by atoms with E-state index in [9.17, 15) is 0 Å². The van der Waals surface area contributed by atoms with Crippen molar-refractivity contribution in [2.45, 2.75) is 52.1 Å². The minimum Gasteiger partial charge on any atom is -0.466 e. The molecule has 1 fully saturated rings. The lowest BCUT2D eigenvalue weighted by molar-refractivity contribution is 0.489. The van der Waals surface area contributed by atoms with Crippen LogP contribution >= 0.6 is 0 Å². The zero-order valence-corrected chi connectivity index (χ0v) is 12.6. The molecule has 1 aromatic carbocycles. The number of nitrogens with one attached hydrogen (secondary N) is 1. The highest BCUT2D eigenvalue weighted by Gasteiger charge is 2.22. The third kappa shape index (κ3) is 2.96. The van der Waals surface area contributed by atoms with Crippen molar-refractivity contribution in [1.82, 2.24) is 5.32 Å². The van der Waals surface area contributed by atoms with E-state index in [-0.39, 0.29) is 0 Å². The fraction of sp³-hybridized carbons (Fsp3) is 0.444. The topological polar surface area (TPSA) is 25.2 Å². The maximum atomic E-state index is 5.60. The van der Waals surface area contributed by atoms with Gasteiger partial charge in [-0.15, -0.1) is 0 Å². The Morgan fingerprint density at radius 2 is 1.90 bits per heavy atom. The fourth-order valence-corrected chi connectivity index (χ4v) is 2.79. The van der Waals surface area contributed by atoms with E-state index in [4.69, 9.17) is 4.42 Å². The molecule has 1 atom stereocenters. The van der Waals surface area contributed by atoms with E-state index >= 15 is 0 Å². The van der Waals surface area contributed by atoms with Crippen LogP contribution in [0.5, 0.6) is 0 Å². The summed E-state index contributed by atoms with van der Waals surface area (Å²) in [5.41, 5.74) is 4.11. The molecule has 1 aliphatic carbocycles. The van der Waals surface area contributed by atoms with Crippen molar-refractivity contribution in [3.63, 3.8) is 0 Å². The van der Waals surface area contributed by atoms with Crippen LogP contribution in [0.15, 0.2) is 34.7 Å². The first kappa shape index (κ1) is 13.4. The lowest BCUT2D eigenvalue weighted by Crippen LogP contribution is -2.18. The predicted molar refractivity (Wildman–Crippen MR) is 81.9 cm³/mol. The van der Waals surface area contributed by atoms with Gasteiger partial charge >= 0.3 is 0 Å². The van der Waals surface area contributed by atoms with E-state index < -0.39 is 0 Å². The summed E-state index contributed by atoms with van der Waals surface area (Å²) < 4.78 is 5.60. The molecule has 1 heterocycles. The Balaban J connectivity index is 1.59. The van der Waals surface area contributed by atoms with E-state index in [1.807, 2.05) is 13.8 Å². The Kier molecular flexibility index (Phi) is 3.66. The molecule has 3 rings (SSSR count). The lowest BCUT2D eigenvalue weighted by Gasteiger charge is -2.13. The summed E-state index contributed by atoms with van der Waals surface area (Å²) in [7, 11) is 0. The molecule has 106 valence electrons. The summed E-state index contributed by atoms with van der Waals surface area (Å²) in [5, 5.41) is 3.57. The van der Waals surface area contributed by atoms with E-state index in [1.54, 1.807) is 0 Å². The van der Waals surface area contributed by atoms with Gasteiger partial charge in [0.2, 0.25) is 0 Å². The van der Waals surface area contributed by atoms with Crippen molar-refractivity contribution >= 4 is 0 Å². The molecular weight excluding hydrogens is 246 g/mol. The van der Waals surface area contributed by atoms with Gasteiger partial charge in [0, 0.05) is 18.2 Å². The largest absolute Gasteiger partial charge is 0.466 e. The van der Waals surface area contributed by atoms with Crippen molar-refractivity contribution in [3.8, 4) is 0 Å². The minimum absolute atomic E-state index is 0.315. The van der Waals surface area contributed by atoms with Crippen LogP contribution in [0.1, 0.15) is 59.9 Å². The van der Waals surface area contributed by atoms with Gasteiger partial charge in [-0.3, -0.25) is 0 Å². The third-order valence-electron chi connectivity index (χ3n) is 4.19. The average Bonchev–Trinajstić information content (AvgIpc) is 3.22. The molecule has 2 nitrogen and oxygen atoms in total. The number of hydrogen-bond donors (Lipinski definition) is 1. The monoisotopic (exact) mass is 269 g/mol. The standard InChI is InChI=1S/C18H23NO/c1-12-10-18(14(3)20-12)13(2)19-11-15-4-6-16(7-5-15)17-8-9-17/h4-7,10,13,17,19H,8-9,11H2,1-3H3. The Morgan fingerprint density at radius 1 is 1.20 bits per heavy atom. The maximum Gasteiger partial charge on any atom is 0.105 e.